The highest BCUT2D eigenvalue weighted by molar-refractivity contribution is 6.54. The number of aryl methyl sites for hydroxylation is 1. The van der Waals surface area contributed by atoms with E-state index in [1.807, 2.05) is 35.4 Å². The van der Waals surface area contributed by atoms with Gasteiger partial charge in [0.25, 0.3) is 5.91 Å². The smallest absolute Gasteiger partial charge is 0.341 e. The van der Waals surface area contributed by atoms with Crippen molar-refractivity contribution in [1.29, 1.82) is 0 Å². The maximum atomic E-state index is 16.1. The fourth-order valence-corrected chi connectivity index (χ4v) is 8.16. The van der Waals surface area contributed by atoms with Gasteiger partial charge >= 0.3 is 5.97 Å². The van der Waals surface area contributed by atoms with Crippen LogP contribution in [0.25, 0.3) is 10.9 Å². The molecular formula is C36H39FN8O6. The van der Waals surface area contributed by atoms with Crippen LogP contribution in [0.5, 0.6) is 5.75 Å². The molecular weight excluding hydrogens is 659 g/mol. The number of carbonyl (C=O) groups is 2. The molecule has 4 aliphatic rings. The number of aromatic carboxylic acids is 1. The van der Waals surface area contributed by atoms with Gasteiger partial charge in [0.15, 0.2) is 17.3 Å². The summed E-state index contributed by atoms with van der Waals surface area (Å²) in [7, 11) is 2.90. The quantitative estimate of drug-likeness (QED) is 0.230. The zero-order valence-electron chi connectivity index (χ0n) is 28.5. The van der Waals surface area contributed by atoms with E-state index in [9.17, 15) is 19.5 Å². The number of fused-ring (bicyclic) bond motifs is 3. The van der Waals surface area contributed by atoms with E-state index < -0.39 is 17.2 Å². The number of likely N-dealkylation sites (tertiary alicyclic amines) is 1. The normalized spacial score (nSPS) is 21.1. The lowest BCUT2D eigenvalue weighted by molar-refractivity contribution is -0.112. The van der Waals surface area contributed by atoms with Crippen molar-refractivity contribution >= 4 is 39.9 Å². The molecule has 0 bridgehead atoms. The Kier molecular flexibility index (Phi) is 8.44. The first-order valence-corrected chi connectivity index (χ1v) is 17.4. The molecule has 266 valence electrons. The topological polar surface area (TPSA) is 148 Å². The molecule has 3 fully saturated rings. The summed E-state index contributed by atoms with van der Waals surface area (Å²) in [5.74, 6) is -1.56. The fourth-order valence-electron chi connectivity index (χ4n) is 8.16. The first-order valence-electron chi connectivity index (χ1n) is 17.4. The van der Waals surface area contributed by atoms with E-state index in [4.69, 9.17) is 9.57 Å². The van der Waals surface area contributed by atoms with Crippen LogP contribution in [0.4, 0.5) is 15.8 Å². The Balaban J connectivity index is 0.972. The maximum absolute atomic E-state index is 16.1. The number of pyridine rings is 1. The van der Waals surface area contributed by atoms with Gasteiger partial charge < -0.3 is 29.0 Å². The van der Waals surface area contributed by atoms with Gasteiger partial charge in [-0.25, -0.2) is 9.18 Å². The number of benzene rings is 2. The van der Waals surface area contributed by atoms with Crippen molar-refractivity contribution in [3.05, 3.63) is 75.6 Å². The zero-order chi connectivity index (χ0) is 35.4. The first-order chi connectivity index (χ1) is 24.8. The van der Waals surface area contributed by atoms with Crippen LogP contribution >= 0.6 is 0 Å². The van der Waals surface area contributed by atoms with Crippen LogP contribution in [-0.2, 0) is 22.7 Å². The van der Waals surface area contributed by atoms with Gasteiger partial charge in [-0.3, -0.25) is 19.2 Å². The van der Waals surface area contributed by atoms with Crippen molar-refractivity contribution in [2.24, 2.45) is 11.1 Å². The lowest BCUT2D eigenvalue weighted by atomic mass is 9.92. The average Bonchev–Trinajstić information content (AvgIpc) is 3.62. The van der Waals surface area contributed by atoms with E-state index >= 15 is 4.39 Å². The largest absolute Gasteiger partial charge is 0.492 e. The number of para-hydroxylation sites is 1. The minimum Gasteiger partial charge on any atom is -0.492 e. The Morgan fingerprint density at radius 2 is 1.92 bits per heavy atom. The van der Waals surface area contributed by atoms with E-state index in [2.05, 4.69) is 20.4 Å². The Morgan fingerprint density at radius 1 is 1.10 bits per heavy atom. The molecule has 1 saturated carbocycles. The van der Waals surface area contributed by atoms with Crippen LogP contribution < -0.4 is 20.0 Å². The molecule has 5 heterocycles. The number of halogens is 1. The number of rotatable bonds is 11. The summed E-state index contributed by atoms with van der Waals surface area (Å²) in [4.78, 5) is 49.1. The van der Waals surface area contributed by atoms with E-state index in [1.54, 1.807) is 14.1 Å². The van der Waals surface area contributed by atoms with Crippen LogP contribution in [0.1, 0.15) is 59.8 Å². The highest BCUT2D eigenvalue weighted by Crippen LogP contribution is 2.45. The third-order valence-electron chi connectivity index (χ3n) is 10.6. The van der Waals surface area contributed by atoms with Gasteiger partial charge in [-0.15, -0.1) is 5.10 Å². The van der Waals surface area contributed by atoms with Gasteiger partial charge in [0, 0.05) is 62.8 Å². The number of piperidine rings is 1. The minimum absolute atomic E-state index is 0.0164. The predicted octanol–water partition coefficient (Wildman–Crippen LogP) is 3.66. The van der Waals surface area contributed by atoms with Gasteiger partial charge in [-0.1, -0.05) is 28.6 Å². The summed E-state index contributed by atoms with van der Waals surface area (Å²) in [5, 5.41) is 22.5. The molecule has 2 atom stereocenters. The molecule has 2 aromatic heterocycles. The molecule has 1 aliphatic carbocycles. The van der Waals surface area contributed by atoms with E-state index in [-0.39, 0.29) is 34.7 Å². The Bertz CT molecular complexity index is 2130. The number of ether oxygens (including phenoxy) is 1. The number of anilines is 2. The van der Waals surface area contributed by atoms with Crippen molar-refractivity contribution in [3.63, 3.8) is 0 Å². The van der Waals surface area contributed by atoms with E-state index in [1.165, 1.54) is 26.5 Å². The Morgan fingerprint density at radius 3 is 2.69 bits per heavy atom. The predicted molar refractivity (Wildman–Crippen MR) is 186 cm³/mol. The third kappa shape index (κ3) is 5.78. The Hall–Kier alpha value is -5.31. The zero-order valence-corrected chi connectivity index (χ0v) is 28.5. The van der Waals surface area contributed by atoms with Crippen LogP contribution in [-0.4, -0.2) is 93.6 Å². The molecule has 8 rings (SSSR count). The van der Waals surface area contributed by atoms with Gasteiger partial charge in [-0.2, -0.15) is 0 Å². The van der Waals surface area contributed by atoms with Crippen LogP contribution in [0.3, 0.4) is 0 Å². The standard InChI is InChI=1S/C36H39FN8O6/c1-50-34-31-25(33(46)26(36(48)49)19-45(31)23-10-11-23)15-27(37)32(34)42-16-21-7-5-12-41(29(21)20-42)17-22-18-43(40-38-22)13-6-14-44-28-9-4-3-8-24(28)30(35(44)47)39-51-2/h3-4,8-9,15,18-19,21,23,29H,5-7,10-14,16-17,20H2,1-2H3,(H,48,49)/b39-30+/t21-,29+/m1/s1. The fraction of sp³-hybridized carbons (Fsp3) is 0.444. The summed E-state index contributed by atoms with van der Waals surface area (Å²) in [5.41, 5.74) is 2.37. The van der Waals surface area contributed by atoms with Crippen molar-refractivity contribution in [2.45, 2.75) is 57.3 Å². The molecule has 1 amide bonds. The number of methoxy groups -OCH3 is 1. The monoisotopic (exact) mass is 698 g/mol. The summed E-state index contributed by atoms with van der Waals surface area (Å²) in [6, 6.07) is 8.90. The number of carboxylic acids is 1. The molecule has 14 nitrogen and oxygen atoms in total. The van der Waals surface area contributed by atoms with Gasteiger partial charge in [0.2, 0.25) is 5.43 Å². The number of amides is 1. The van der Waals surface area contributed by atoms with Gasteiger partial charge in [-0.05, 0) is 56.7 Å². The molecule has 1 N–H and O–H groups in total. The first kappa shape index (κ1) is 32.9. The summed E-state index contributed by atoms with van der Waals surface area (Å²) < 4.78 is 25.5. The molecule has 3 aliphatic heterocycles. The molecule has 0 unspecified atom stereocenters. The molecule has 2 aromatic carbocycles. The number of hydrogen-bond donors (Lipinski definition) is 1. The lowest BCUT2D eigenvalue weighted by Crippen LogP contribution is -2.44. The molecule has 51 heavy (non-hydrogen) atoms. The SMILES string of the molecule is CO/N=C1/C(=O)N(CCCn2cc(CN3CCC[C@@H]4CN(c5c(F)cc6c(=O)c(C(=O)O)cn(C7CC7)c6c5OC)C[C@@H]43)nn2)c2ccccc21. The second kappa shape index (κ2) is 13.1. The van der Waals surface area contributed by atoms with Crippen molar-refractivity contribution in [3.8, 4) is 5.75 Å². The minimum atomic E-state index is -1.33. The maximum Gasteiger partial charge on any atom is 0.341 e. The number of nitrogens with zero attached hydrogens (tertiary/aromatic N) is 8. The average molecular weight is 699 g/mol. The van der Waals surface area contributed by atoms with E-state index in [0.29, 0.717) is 62.0 Å². The second-order valence-corrected chi connectivity index (χ2v) is 13.7. The van der Waals surface area contributed by atoms with Crippen molar-refractivity contribution in [2.75, 3.05) is 50.2 Å². The van der Waals surface area contributed by atoms with E-state index in [0.717, 1.165) is 49.2 Å². The second-order valence-electron chi connectivity index (χ2n) is 13.7. The van der Waals surface area contributed by atoms with Crippen molar-refractivity contribution < 1.29 is 28.7 Å². The number of oxime groups is 1. The summed E-state index contributed by atoms with van der Waals surface area (Å²) in [6.45, 7) is 3.74. The number of hydrogen-bond acceptors (Lipinski definition) is 10. The highest BCUT2D eigenvalue weighted by atomic mass is 19.1. The number of carboxylic acid groups (broad SMARTS) is 1. The van der Waals surface area contributed by atoms with Gasteiger partial charge in [0.05, 0.1) is 29.4 Å². The van der Waals surface area contributed by atoms with Gasteiger partial charge in [0.1, 0.15) is 18.4 Å². The molecule has 2 saturated heterocycles. The molecule has 0 radical (unpaired) electrons. The molecule has 0 spiro atoms. The van der Waals surface area contributed by atoms with Crippen LogP contribution in [0.15, 0.2) is 52.7 Å². The van der Waals surface area contributed by atoms with Crippen LogP contribution in [0.2, 0.25) is 0 Å². The van der Waals surface area contributed by atoms with Crippen LogP contribution in [0, 0.1) is 11.7 Å². The Labute approximate surface area is 292 Å². The number of aromatic nitrogens is 4. The molecule has 4 aromatic rings. The lowest BCUT2D eigenvalue weighted by Gasteiger charge is -2.36. The van der Waals surface area contributed by atoms with Crippen molar-refractivity contribution in [1.82, 2.24) is 24.5 Å². The number of carbonyl (C=O) groups excluding carboxylic acids is 1. The summed E-state index contributed by atoms with van der Waals surface area (Å²) in [6.07, 6.45) is 7.69. The highest BCUT2D eigenvalue weighted by Gasteiger charge is 2.42. The molecule has 15 heteroatoms. The third-order valence-corrected chi connectivity index (χ3v) is 10.6. The summed E-state index contributed by atoms with van der Waals surface area (Å²) >= 11 is 0.